The fourth-order valence-corrected chi connectivity index (χ4v) is 0. The van der Waals surface area contributed by atoms with Crippen molar-refractivity contribution < 1.29 is 32.7 Å². The molecule has 4 radical (unpaired) electrons. The van der Waals surface area contributed by atoms with E-state index in [4.69, 9.17) is 9.59 Å². The standard InChI is InChI=1S/C2H3O.2CO.Rh/c1-2-3;2*1-2;/h1H3;;;. The second-order valence-corrected chi connectivity index (χ2v) is 1.59. The molecule has 0 aromatic rings. The molecule has 0 aromatic heterocycles. The van der Waals surface area contributed by atoms with Gasteiger partial charge in [0.2, 0.25) is 0 Å². The van der Waals surface area contributed by atoms with Crippen LogP contribution in [0.3, 0.4) is 0 Å². The Labute approximate surface area is 58.1 Å². The van der Waals surface area contributed by atoms with Crippen molar-refractivity contribution in [2.75, 3.05) is 0 Å². The summed E-state index contributed by atoms with van der Waals surface area (Å²) >= 11 is 2.18. The van der Waals surface area contributed by atoms with Crippen molar-refractivity contribution >= 4 is 18.0 Å². The molecule has 0 aliphatic carbocycles. The second kappa shape index (κ2) is 30.4. The fourth-order valence-electron chi connectivity index (χ4n) is 0. The van der Waals surface area contributed by atoms with E-state index in [-0.39, 0.29) is 4.38 Å². The van der Waals surface area contributed by atoms with Gasteiger partial charge in [0.1, 0.15) is 0 Å². The summed E-state index contributed by atoms with van der Waals surface area (Å²) in [5, 5.41) is 0. The van der Waals surface area contributed by atoms with Crippen molar-refractivity contribution in [3.8, 4) is 0 Å². The number of rotatable bonds is 0. The Morgan fingerprint density at radius 2 is 1.25 bits per heavy atom. The molecule has 0 fully saturated rings. The molecule has 0 rings (SSSR count). The number of hydrogen-bond acceptors (Lipinski definition) is 3. The molecular weight excluding hydrogens is 199 g/mol. The average molecular weight is 202 g/mol. The molecule has 0 atom stereocenters. The molecule has 8 heavy (non-hydrogen) atoms. The van der Waals surface area contributed by atoms with Crippen molar-refractivity contribution in [3.05, 3.63) is 0 Å². The third-order valence-corrected chi connectivity index (χ3v) is 0. The molecule has 4 heteroatoms. The fraction of sp³-hybridized carbons (Fsp3) is 0.250. The van der Waals surface area contributed by atoms with Crippen LogP contribution in [0.25, 0.3) is 0 Å². The smallest absolute Gasteiger partial charge is 0.281 e. The Morgan fingerprint density at radius 1 is 1.25 bits per heavy atom. The molecule has 0 unspecified atom stereocenters. The van der Waals surface area contributed by atoms with Crippen molar-refractivity contribution in [1.82, 2.24) is 0 Å². The summed E-state index contributed by atoms with van der Waals surface area (Å²) in [7, 11) is 0. The van der Waals surface area contributed by atoms with Gasteiger partial charge in [0.05, 0.1) is 0 Å². The van der Waals surface area contributed by atoms with Crippen LogP contribution >= 0.6 is 0 Å². The minimum absolute atomic E-state index is 0.0567. The zero-order valence-electron chi connectivity index (χ0n) is 4.06. The van der Waals surface area contributed by atoms with E-state index in [9.17, 15) is 4.79 Å². The summed E-state index contributed by atoms with van der Waals surface area (Å²) in [6.45, 7) is 10.5. The minimum atomic E-state index is 0.0567. The maximum atomic E-state index is 9.40. The van der Waals surface area contributed by atoms with Crippen LogP contribution in [0, 0.1) is 0 Å². The monoisotopic (exact) mass is 202 g/mol. The van der Waals surface area contributed by atoms with Gasteiger partial charge < -0.3 is 0 Å². The molecule has 0 saturated carbocycles. The molecule has 0 spiro atoms. The topological polar surface area (TPSA) is 51.2 Å². The number of carbonyl (C=O) groups excluding carboxylic acids is 3. The van der Waals surface area contributed by atoms with Crippen molar-refractivity contribution in [1.29, 1.82) is 0 Å². The van der Waals surface area contributed by atoms with E-state index in [1.807, 2.05) is 0 Å². The number of hydrogen-bond donors (Lipinski definition) is 0. The van der Waals surface area contributed by atoms with E-state index in [0.717, 1.165) is 0 Å². The van der Waals surface area contributed by atoms with Crippen molar-refractivity contribution in [3.63, 3.8) is 0 Å². The number of carbonyl (C=O) groups is 1. The molecule has 0 saturated heterocycles. The third-order valence-electron chi connectivity index (χ3n) is 0. The van der Waals surface area contributed by atoms with Gasteiger partial charge in [-0.25, -0.2) is 0 Å². The van der Waals surface area contributed by atoms with Gasteiger partial charge in [-0.05, 0) is 0 Å². The van der Waals surface area contributed by atoms with Gasteiger partial charge in [-0.3, -0.25) is 9.59 Å². The first-order valence-corrected chi connectivity index (χ1v) is 2.10. The van der Waals surface area contributed by atoms with Gasteiger partial charge in [0.15, 0.2) is 0 Å². The largest absolute Gasteiger partial charge is 0.281 e. The Hall–Kier alpha value is -0.367. The van der Waals surface area contributed by atoms with Gasteiger partial charge in [0, 0.05) is 0 Å². The van der Waals surface area contributed by atoms with Crippen LogP contribution in [0.15, 0.2) is 0 Å². The first-order chi connectivity index (χ1) is 3.73. The van der Waals surface area contributed by atoms with Crippen LogP contribution in [-0.2, 0) is 32.7 Å². The van der Waals surface area contributed by atoms with Crippen LogP contribution in [0.2, 0.25) is 0 Å². The third kappa shape index (κ3) is 900. The van der Waals surface area contributed by atoms with Crippen LogP contribution in [0.1, 0.15) is 6.92 Å². The Bertz CT molecular complexity index is 49.2. The maximum Gasteiger partial charge on any atom is 0.281 e. The van der Waals surface area contributed by atoms with Crippen LogP contribution in [0.5, 0.6) is 0 Å². The van der Waals surface area contributed by atoms with Crippen LogP contribution < -0.4 is 0 Å². The molecule has 46 valence electrons. The van der Waals surface area contributed by atoms with E-state index in [2.05, 4.69) is 31.9 Å². The zero-order chi connectivity index (χ0) is 7.58. The first-order valence-electron chi connectivity index (χ1n) is 1.28. The summed E-state index contributed by atoms with van der Waals surface area (Å²) in [6.07, 6.45) is 0. The SMILES string of the molecule is C[C](=O)[Rh].[C]=O.[C]=O. The van der Waals surface area contributed by atoms with E-state index < -0.39 is 0 Å². The molecule has 0 heterocycles. The summed E-state index contributed by atoms with van der Waals surface area (Å²) in [6, 6.07) is 0. The van der Waals surface area contributed by atoms with Crippen LogP contribution in [-0.4, -0.2) is 18.0 Å². The molecule has 0 bridgehead atoms. The molecule has 3 nitrogen and oxygen atoms in total. The van der Waals surface area contributed by atoms with Gasteiger partial charge in [-0.1, -0.05) is 0 Å². The zero-order valence-corrected chi connectivity index (χ0v) is 5.70. The predicted octanol–water partition coefficient (Wildman–Crippen LogP) is -0.714. The molecule has 0 amide bonds. The Morgan fingerprint density at radius 3 is 1.25 bits per heavy atom. The maximum absolute atomic E-state index is 9.40. The Kier molecular flexibility index (Phi) is 59.4. The Balaban J connectivity index is -0.0000000542. The molecular formula is C4H3O3Rh. The quantitative estimate of drug-likeness (QED) is 0.487. The first kappa shape index (κ1) is 15.6. The molecule has 0 aliphatic rings. The summed E-state index contributed by atoms with van der Waals surface area (Å²) in [5.74, 6) is 0. The van der Waals surface area contributed by atoms with Crippen molar-refractivity contribution in [2.45, 2.75) is 6.92 Å². The molecule has 0 N–H and O–H groups in total. The minimum Gasteiger partial charge on any atom is -0.281 e. The van der Waals surface area contributed by atoms with Gasteiger partial charge in [-0.2, -0.15) is 0 Å². The predicted molar refractivity (Wildman–Crippen MR) is 22.1 cm³/mol. The second-order valence-electron chi connectivity index (χ2n) is 0.439. The van der Waals surface area contributed by atoms with E-state index in [0.29, 0.717) is 0 Å². The van der Waals surface area contributed by atoms with Crippen LogP contribution in [0.4, 0.5) is 0 Å². The van der Waals surface area contributed by atoms with Gasteiger partial charge >= 0.3 is 34.4 Å². The van der Waals surface area contributed by atoms with Crippen molar-refractivity contribution in [2.24, 2.45) is 0 Å². The molecule has 0 aromatic carbocycles. The normalized spacial score (nSPS) is 4.38. The van der Waals surface area contributed by atoms with E-state index >= 15 is 0 Å². The molecule has 0 aliphatic heterocycles. The summed E-state index contributed by atoms with van der Waals surface area (Å²) < 4.78 is 0.0567. The van der Waals surface area contributed by atoms with E-state index in [1.54, 1.807) is 0 Å². The summed E-state index contributed by atoms with van der Waals surface area (Å²) in [4.78, 5) is 24.4. The van der Waals surface area contributed by atoms with Gasteiger partial charge in [-0.15, -0.1) is 0 Å². The summed E-state index contributed by atoms with van der Waals surface area (Å²) in [5.41, 5.74) is 0. The van der Waals surface area contributed by atoms with E-state index in [1.165, 1.54) is 6.92 Å². The average Bonchev–Trinajstić information content (AvgIpc) is 1.75. The van der Waals surface area contributed by atoms with Gasteiger partial charge in [0.25, 0.3) is 13.6 Å².